The molecule has 2 unspecified atom stereocenters. The number of carbonyl (C=O) groups excluding carboxylic acids is 2. The van der Waals surface area contributed by atoms with Crippen molar-refractivity contribution in [3.63, 3.8) is 0 Å². The Kier molecular flexibility index (Phi) is 5.59. The quantitative estimate of drug-likeness (QED) is 0.289. The maximum Gasteiger partial charge on any atom is 0.292 e. The molecule has 0 fully saturated rings. The lowest BCUT2D eigenvalue weighted by Gasteiger charge is -2.31. The van der Waals surface area contributed by atoms with Gasteiger partial charge in [-0.25, -0.2) is 0 Å². The third-order valence-electron chi connectivity index (χ3n) is 6.01. The van der Waals surface area contributed by atoms with Crippen molar-refractivity contribution in [2.45, 2.75) is 36.7 Å². The van der Waals surface area contributed by atoms with Crippen LogP contribution in [0.4, 0.5) is 11.4 Å². The van der Waals surface area contributed by atoms with Crippen molar-refractivity contribution in [3.05, 3.63) is 88.6 Å². The number of aliphatic hydroxyl groups excluding tert-OH is 1. The highest BCUT2D eigenvalue weighted by Crippen LogP contribution is 2.48. The first-order valence-electron chi connectivity index (χ1n) is 10.8. The Hall–Kier alpha value is -3.69. The number of benzene rings is 2. The Bertz CT molecular complexity index is 1330. The van der Waals surface area contributed by atoms with Crippen LogP contribution in [0.1, 0.15) is 40.4 Å². The second kappa shape index (κ2) is 8.58. The van der Waals surface area contributed by atoms with E-state index in [1.165, 1.54) is 28.3 Å². The Morgan fingerprint density at radius 3 is 2.74 bits per heavy atom. The molecule has 0 saturated carbocycles. The zero-order valence-electron chi connectivity index (χ0n) is 18.5. The molecule has 2 atom stereocenters. The second-order valence-electron chi connectivity index (χ2n) is 8.15. The van der Waals surface area contributed by atoms with Crippen LogP contribution in [-0.2, 0) is 11.2 Å². The van der Waals surface area contributed by atoms with Gasteiger partial charge in [0.1, 0.15) is 5.76 Å². The molecule has 3 aromatic rings. The maximum atomic E-state index is 13.4. The topological polar surface area (TPSA) is 115 Å². The number of ketones is 1. The molecule has 0 radical (unpaired) electrons. The molecule has 0 spiro atoms. The fourth-order valence-corrected chi connectivity index (χ4v) is 5.54. The maximum absolute atomic E-state index is 13.4. The molecule has 2 aliphatic rings. The van der Waals surface area contributed by atoms with Gasteiger partial charge < -0.3 is 14.8 Å². The number of nitrogens with one attached hydrogen (secondary N) is 2. The minimum absolute atomic E-state index is 0.0399. The molecule has 9 heteroatoms. The molecule has 34 heavy (non-hydrogen) atoms. The number of aliphatic hydroxyl groups is 1. The largest absolute Gasteiger partial charge is 0.503 e. The van der Waals surface area contributed by atoms with Gasteiger partial charge in [-0.2, -0.15) is 0 Å². The van der Waals surface area contributed by atoms with Crippen LogP contribution in [0.5, 0.6) is 0 Å². The van der Waals surface area contributed by atoms with Crippen molar-refractivity contribution in [1.29, 1.82) is 0 Å². The van der Waals surface area contributed by atoms with Crippen molar-refractivity contribution in [1.82, 2.24) is 4.90 Å². The summed E-state index contributed by atoms with van der Waals surface area (Å²) in [6.07, 6.45) is 0.883. The van der Waals surface area contributed by atoms with Crippen molar-refractivity contribution in [3.8, 4) is 0 Å². The number of hydrogen-bond acceptors (Lipinski definition) is 8. The highest BCUT2D eigenvalue weighted by molar-refractivity contribution is 8.00. The lowest BCUT2D eigenvalue weighted by molar-refractivity contribution is -0.129. The number of carbonyl (C=O) groups is 2. The van der Waals surface area contributed by atoms with Gasteiger partial charge in [-0.3, -0.25) is 25.2 Å². The average Bonchev–Trinajstić information content (AvgIpc) is 3.54. The van der Waals surface area contributed by atoms with E-state index >= 15 is 0 Å². The van der Waals surface area contributed by atoms with Crippen LogP contribution in [0.25, 0.3) is 0 Å². The van der Waals surface area contributed by atoms with Crippen molar-refractivity contribution >= 4 is 34.8 Å². The smallest absolute Gasteiger partial charge is 0.292 e. The number of aryl methyl sites for hydroxylation is 2. The number of amides is 1. The summed E-state index contributed by atoms with van der Waals surface area (Å²) in [6, 6.07) is 15.1. The van der Waals surface area contributed by atoms with E-state index in [1.54, 1.807) is 37.3 Å². The Balaban J connectivity index is 1.58. The molecule has 3 heterocycles. The van der Waals surface area contributed by atoms with Crippen LogP contribution < -0.4 is 10.8 Å². The zero-order valence-corrected chi connectivity index (χ0v) is 19.3. The lowest BCUT2D eigenvalue weighted by atomic mass is 9.95. The summed E-state index contributed by atoms with van der Waals surface area (Å²) in [5, 5.41) is 23.7. The second-order valence-corrected chi connectivity index (χ2v) is 9.27. The number of thioether (sulfide) groups is 1. The highest BCUT2D eigenvalue weighted by atomic mass is 32.2. The molecule has 8 nitrogen and oxygen atoms in total. The fraction of sp³-hybridized carbons (Fsp3) is 0.200. The molecule has 1 amide bonds. The van der Waals surface area contributed by atoms with Gasteiger partial charge >= 0.3 is 0 Å². The van der Waals surface area contributed by atoms with Gasteiger partial charge in [-0.1, -0.05) is 36.9 Å². The van der Waals surface area contributed by atoms with Crippen LogP contribution in [0.3, 0.4) is 0 Å². The van der Waals surface area contributed by atoms with Gasteiger partial charge in [0.05, 0.1) is 23.0 Å². The first kappa shape index (κ1) is 22.1. The molecule has 0 saturated heterocycles. The molecule has 2 aliphatic heterocycles. The van der Waals surface area contributed by atoms with Crippen LogP contribution in [0, 0.1) is 6.92 Å². The number of fused-ring (bicyclic) bond motifs is 1. The zero-order chi connectivity index (χ0) is 24.0. The van der Waals surface area contributed by atoms with E-state index in [0.29, 0.717) is 17.0 Å². The summed E-state index contributed by atoms with van der Waals surface area (Å²) in [5.74, 6) is -1.25. The molecule has 1 aromatic heterocycles. The van der Waals surface area contributed by atoms with E-state index in [2.05, 4.69) is 23.8 Å². The summed E-state index contributed by atoms with van der Waals surface area (Å²) < 4.78 is 5.51. The normalized spacial score (nSPS) is 19.4. The Morgan fingerprint density at radius 1 is 1.21 bits per heavy atom. The fourth-order valence-electron chi connectivity index (χ4n) is 4.30. The summed E-state index contributed by atoms with van der Waals surface area (Å²) in [4.78, 5) is 29.3. The standard InChI is InChI=1S/C25H23N3O5S/c1-3-14-8-9-17-19(11-14)34-25(26-17)28-21(15-5-4-6-16(12-15)27-32)20(23(30)24(28)31)22(29)18-10-7-13(2)33-18/h4-12,21,25-27,30,32H,3H2,1-2H3. The highest BCUT2D eigenvalue weighted by Gasteiger charge is 2.49. The van der Waals surface area contributed by atoms with E-state index in [9.17, 15) is 19.9 Å². The van der Waals surface area contributed by atoms with Crippen molar-refractivity contribution in [2.75, 3.05) is 10.8 Å². The van der Waals surface area contributed by atoms with Gasteiger partial charge in [0, 0.05) is 4.90 Å². The van der Waals surface area contributed by atoms with Gasteiger partial charge in [-0.05, 0) is 60.9 Å². The van der Waals surface area contributed by atoms with E-state index in [-0.39, 0.29) is 11.3 Å². The minimum atomic E-state index is -0.899. The Labute approximate surface area is 200 Å². The summed E-state index contributed by atoms with van der Waals surface area (Å²) in [6.45, 7) is 3.79. The molecule has 2 aromatic carbocycles. The molecule has 4 N–H and O–H groups in total. The first-order valence-corrected chi connectivity index (χ1v) is 11.7. The van der Waals surface area contributed by atoms with E-state index in [1.807, 2.05) is 12.1 Å². The number of rotatable bonds is 6. The number of Topliss-reactive ketones (excluding diaryl/α,β-unsaturated/α-hetero) is 1. The van der Waals surface area contributed by atoms with Gasteiger partial charge in [0.15, 0.2) is 17.0 Å². The van der Waals surface area contributed by atoms with Crippen molar-refractivity contribution < 1.29 is 24.3 Å². The molecule has 5 rings (SSSR count). The molecule has 0 aliphatic carbocycles. The SMILES string of the molecule is CCc1ccc2c(c1)SC(N1C(=O)C(O)=C(C(=O)c3ccc(C)o3)C1c1cccc(NO)c1)N2. The number of anilines is 2. The molecular formula is C25H23N3O5S. The number of nitrogens with zero attached hydrogens (tertiary/aromatic N) is 1. The predicted molar refractivity (Wildman–Crippen MR) is 128 cm³/mol. The Morgan fingerprint density at radius 2 is 2.03 bits per heavy atom. The molecule has 0 bridgehead atoms. The number of hydrogen-bond donors (Lipinski definition) is 4. The van der Waals surface area contributed by atoms with E-state index in [4.69, 9.17) is 4.42 Å². The molecular weight excluding hydrogens is 454 g/mol. The van der Waals surface area contributed by atoms with Crippen LogP contribution in [0.15, 0.2) is 75.2 Å². The third-order valence-corrected chi connectivity index (χ3v) is 7.17. The third kappa shape index (κ3) is 3.63. The number of furan rings is 1. The van der Waals surface area contributed by atoms with Crippen LogP contribution in [-0.4, -0.2) is 32.4 Å². The summed E-state index contributed by atoms with van der Waals surface area (Å²) >= 11 is 1.45. The van der Waals surface area contributed by atoms with Crippen LogP contribution >= 0.6 is 11.8 Å². The van der Waals surface area contributed by atoms with E-state index < -0.39 is 29.0 Å². The summed E-state index contributed by atoms with van der Waals surface area (Å²) in [5.41, 5.74) is 4.46. The van der Waals surface area contributed by atoms with Gasteiger partial charge in [0.2, 0.25) is 5.78 Å². The lowest BCUT2D eigenvalue weighted by Crippen LogP contribution is -2.41. The van der Waals surface area contributed by atoms with Gasteiger partial charge in [-0.15, -0.1) is 0 Å². The van der Waals surface area contributed by atoms with Crippen molar-refractivity contribution in [2.24, 2.45) is 0 Å². The van der Waals surface area contributed by atoms with E-state index in [0.717, 1.165) is 17.0 Å². The average molecular weight is 478 g/mol. The minimum Gasteiger partial charge on any atom is -0.503 e. The predicted octanol–water partition coefficient (Wildman–Crippen LogP) is 5.03. The molecule has 174 valence electrons. The summed E-state index contributed by atoms with van der Waals surface area (Å²) in [7, 11) is 0. The first-order chi connectivity index (χ1) is 16.4. The monoisotopic (exact) mass is 477 g/mol. The van der Waals surface area contributed by atoms with Crippen LogP contribution in [0.2, 0.25) is 0 Å². The van der Waals surface area contributed by atoms with Gasteiger partial charge in [0.25, 0.3) is 5.91 Å².